The van der Waals surface area contributed by atoms with Crippen molar-refractivity contribution in [3.05, 3.63) is 0 Å². The lowest BCUT2D eigenvalue weighted by atomic mass is 9.93. The van der Waals surface area contributed by atoms with Gasteiger partial charge >= 0.3 is 0 Å². The first kappa shape index (κ1) is 59.8. The minimum atomic E-state index is -2.09. The summed E-state index contributed by atoms with van der Waals surface area (Å²) in [5.41, 5.74) is 0. The van der Waals surface area contributed by atoms with Gasteiger partial charge in [0.1, 0.15) is 128 Å². The van der Waals surface area contributed by atoms with E-state index in [0.29, 0.717) is 0 Å². The predicted octanol–water partition coefficient (Wildman–Crippen LogP) is -11.4. The number of rotatable bonds is 22. The van der Waals surface area contributed by atoms with Crippen molar-refractivity contribution in [3.63, 3.8) is 0 Å². The van der Waals surface area contributed by atoms with Gasteiger partial charge in [0.05, 0.1) is 33.0 Å². The molecular weight excluding hydrogens is 966 g/mol. The van der Waals surface area contributed by atoms with Gasteiger partial charge in [-0.2, -0.15) is 0 Å². The Bertz CT molecular complexity index is 1780. The number of amides is 5. The number of hydrogen-bond donors (Lipinski definition) is 17. The highest BCUT2D eigenvalue weighted by Gasteiger charge is 2.57. The molecule has 17 N–H and O–H groups in total. The van der Waals surface area contributed by atoms with Crippen molar-refractivity contribution in [2.45, 2.75) is 182 Å². The molecule has 0 aromatic heterocycles. The SMILES string of the molecule is CC(=O)NC(C=O)[C@@H](O)[C@H](O[C@@H]1O[C@H](CO)[C@@H](O[C@@H]2O[C@H](CO)[C@@H](O[C@@H]3O[C@H](CO)[C@@H](O[C@@H]4O[C@H](CO)[C@@H](O)[C@H](O)[C@H]4NC(C)=O)[C@H](O)[C@H]3NC(C)=O)[C@H](O)[C@H]2NC(C)=O)[C@H](O)[C@H]1NC(C)=O)[C@H](O)CO. The predicted molar refractivity (Wildman–Crippen MR) is 226 cm³/mol. The van der Waals surface area contributed by atoms with Crippen molar-refractivity contribution in [1.82, 2.24) is 26.6 Å². The second kappa shape index (κ2) is 27.0. The van der Waals surface area contributed by atoms with Gasteiger partial charge in [-0.15, -0.1) is 0 Å². The van der Waals surface area contributed by atoms with Crippen LogP contribution in [0.2, 0.25) is 0 Å². The maximum atomic E-state index is 12.6. The molecule has 0 saturated carbocycles. The van der Waals surface area contributed by atoms with Gasteiger partial charge in [-0.25, -0.2) is 0 Å². The Kier molecular flexibility index (Phi) is 22.7. The molecule has 0 aromatic carbocycles. The Balaban J connectivity index is 1.63. The summed E-state index contributed by atoms with van der Waals surface area (Å²) in [6.45, 7) is 0.186. The molecule has 5 amide bonds. The molecule has 24 atom stereocenters. The largest absolute Gasteiger partial charge is 0.394 e. The lowest BCUT2D eigenvalue weighted by molar-refractivity contribution is -0.364. The van der Waals surface area contributed by atoms with Gasteiger partial charge < -0.3 is 131 Å². The highest BCUT2D eigenvalue weighted by Crippen LogP contribution is 2.35. The molecule has 408 valence electrons. The Morgan fingerprint density at radius 1 is 0.493 bits per heavy atom. The molecule has 0 bridgehead atoms. The van der Waals surface area contributed by atoms with E-state index in [2.05, 4.69) is 26.6 Å². The third kappa shape index (κ3) is 14.7. The first-order valence-electron chi connectivity index (χ1n) is 22.3. The summed E-state index contributed by atoms with van der Waals surface area (Å²) >= 11 is 0. The number of nitrogens with one attached hydrogen (secondary N) is 5. The lowest BCUT2D eigenvalue weighted by Gasteiger charge is -2.51. The molecule has 1 unspecified atom stereocenters. The summed E-state index contributed by atoms with van der Waals surface area (Å²) in [4.78, 5) is 73.2. The maximum Gasteiger partial charge on any atom is 0.217 e. The van der Waals surface area contributed by atoms with Crippen LogP contribution in [0.1, 0.15) is 34.6 Å². The normalized spacial score (nSPS) is 39.2. The van der Waals surface area contributed by atoms with E-state index in [-0.39, 0.29) is 6.29 Å². The van der Waals surface area contributed by atoms with Crippen molar-refractivity contribution in [3.8, 4) is 0 Å². The van der Waals surface area contributed by atoms with Crippen LogP contribution in [0.5, 0.6) is 0 Å². The van der Waals surface area contributed by atoms with E-state index in [1.807, 2.05) is 0 Å². The summed E-state index contributed by atoms with van der Waals surface area (Å²) in [7, 11) is 0. The van der Waals surface area contributed by atoms with E-state index in [9.17, 15) is 90.0 Å². The fourth-order valence-electron chi connectivity index (χ4n) is 8.57. The van der Waals surface area contributed by atoms with Crippen LogP contribution in [-0.2, 0) is 66.7 Å². The zero-order chi connectivity index (χ0) is 53.2. The van der Waals surface area contributed by atoms with Crippen LogP contribution in [0.25, 0.3) is 0 Å². The van der Waals surface area contributed by atoms with E-state index >= 15 is 0 Å². The Morgan fingerprint density at radius 2 is 0.817 bits per heavy atom. The summed E-state index contributed by atoms with van der Waals surface area (Å²) in [6, 6.07) is -8.45. The first-order chi connectivity index (χ1) is 33.5. The molecule has 4 heterocycles. The smallest absolute Gasteiger partial charge is 0.217 e. The van der Waals surface area contributed by atoms with E-state index in [4.69, 9.17) is 37.9 Å². The van der Waals surface area contributed by atoms with Crippen molar-refractivity contribution >= 4 is 35.8 Å². The van der Waals surface area contributed by atoms with Crippen LogP contribution in [0, 0.1) is 0 Å². The fourth-order valence-corrected chi connectivity index (χ4v) is 8.57. The molecule has 0 aromatic rings. The monoisotopic (exact) mass is 1030 g/mol. The van der Waals surface area contributed by atoms with Gasteiger partial charge in [-0.3, -0.25) is 24.0 Å². The van der Waals surface area contributed by atoms with Crippen LogP contribution in [0.4, 0.5) is 0 Å². The Morgan fingerprint density at radius 3 is 1.13 bits per heavy atom. The van der Waals surface area contributed by atoms with Crippen LogP contribution >= 0.6 is 0 Å². The van der Waals surface area contributed by atoms with Gasteiger partial charge in [0, 0.05) is 34.6 Å². The molecule has 4 fully saturated rings. The van der Waals surface area contributed by atoms with Gasteiger partial charge in [-0.1, -0.05) is 0 Å². The summed E-state index contributed by atoms with van der Waals surface area (Å²) < 4.78 is 47.2. The van der Waals surface area contributed by atoms with E-state index in [1.165, 1.54) is 0 Å². The van der Waals surface area contributed by atoms with Crippen LogP contribution in [-0.4, -0.2) is 277 Å². The number of aliphatic hydroxyl groups is 12. The average Bonchev–Trinajstić information content (AvgIpc) is 3.31. The second-order valence-electron chi connectivity index (χ2n) is 17.3. The molecule has 71 heavy (non-hydrogen) atoms. The lowest BCUT2D eigenvalue weighted by Crippen LogP contribution is -2.72. The third-order valence-corrected chi connectivity index (χ3v) is 11.9. The minimum absolute atomic E-state index is 0.105. The van der Waals surface area contributed by atoms with E-state index in [0.717, 1.165) is 34.6 Å². The van der Waals surface area contributed by atoms with Gasteiger partial charge in [0.15, 0.2) is 25.2 Å². The van der Waals surface area contributed by atoms with E-state index < -0.39 is 209 Å². The molecule has 4 rings (SSSR count). The molecule has 0 spiro atoms. The highest BCUT2D eigenvalue weighted by atomic mass is 16.8. The second-order valence-corrected chi connectivity index (χ2v) is 17.3. The molecule has 31 heteroatoms. The van der Waals surface area contributed by atoms with Gasteiger partial charge in [-0.05, 0) is 0 Å². The topological polar surface area (TPSA) is 479 Å². The molecule has 4 saturated heterocycles. The number of aldehydes is 1. The summed E-state index contributed by atoms with van der Waals surface area (Å²) in [5, 5.41) is 141. The third-order valence-electron chi connectivity index (χ3n) is 11.9. The Hall–Kier alpha value is -3.78. The fraction of sp³-hybridized carbons (Fsp3) is 0.850. The standard InChI is InChI=1S/C40H67N5O26/c1-12(52)41-17(6-46)27(58)33(18(57)7-47)68-38-24(43-14(3)54)30(61)35(20(9-49)65-38)70-40-26(45-16(5)56)32(63)36(22(11-51)67-40)71-39-25(44-15(4)55)31(62)34(21(10-50)66-39)69-37-23(42-13(2)53)29(60)28(59)19(8-48)64-37/h6,17-40,47-51,57-63H,7-11H2,1-5H3,(H,41,52)(H,42,53)(H,43,54)(H,44,55)(H,45,56)/t17?,18-,19-,20-,21-,22-,23-,24-,25-,26-,27-,28-,29-,30-,31-,32-,33-,34-,35-,36-,37+,38+,39+,40+/m1/s1. The summed E-state index contributed by atoms with van der Waals surface area (Å²) in [5.74, 6) is -3.97. The number of ether oxygens (including phenoxy) is 8. The maximum absolute atomic E-state index is 12.6. The van der Waals surface area contributed by atoms with Crippen molar-refractivity contribution in [2.24, 2.45) is 0 Å². The van der Waals surface area contributed by atoms with Gasteiger partial charge in [0.2, 0.25) is 29.5 Å². The molecule has 4 aliphatic rings. The molecular formula is C40H67N5O26. The van der Waals surface area contributed by atoms with Crippen LogP contribution in [0.15, 0.2) is 0 Å². The molecule has 0 aliphatic carbocycles. The zero-order valence-corrected chi connectivity index (χ0v) is 39.1. The van der Waals surface area contributed by atoms with Gasteiger partial charge in [0.25, 0.3) is 0 Å². The molecule has 31 nitrogen and oxygen atoms in total. The molecule has 4 aliphatic heterocycles. The van der Waals surface area contributed by atoms with Crippen molar-refractivity contribution in [1.29, 1.82) is 0 Å². The number of carbonyl (C=O) groups is 6. The van der Waals surface area contributed by atoms with Crippen LogP contribution < -0.4 is 26.6 Å². The first-order valence-corrected chi connectivity index (χ1v) is 22.3. The zero-order valence-electron chi connectivity index (χ0n) is 39.1. The highest BCUT2D eigenvalue weighted by molar-refractivity contribution is 5.77. The van der Waals surface area contributed by atoms with Crippen molar-refractivity contribution in [2.75, 3.05) is 33.0 Å². The average molecular weight is 1030 g/mol. The van der Waals surface area contributed by atoms with Crippen molar-refractivity contribution < 1.29 is 128 Å². The number of carbonyl (C=O) groups excluding carboxylic acids is 6. The Labute approximate surface area is 404 Å². The number of aliphatic hydroxyl groups excluding tert-OH is 12. The van der Waals surface area contributed by atoms with Crippen LogP contribution in [0.3, 0.4) is 0 Å². The van der Waals surface area contributed by atoms with E-state index in [1.54, 1.807) is 0 Å². The minimum Gasteiger partial charge on any atom is -0.394 e. The molecule has 0 radical (unpaired) electrons. The quantitative estimate of drug-likeness (QED) is 0.0448. The number of hydrogen-bond acceptors (Lipinski definition) is 26. The summed E-state index contributed by atoms with van der Waals surface area (Å²) in [6.07, 6.45) is -34.8.